The Labute approximate surface area is 164 Å². The quantitative estimate of drug-likeness (QED) is 0.701. The molecule has 4 rings (SSSR count). The van der Waals surface area contributed by atoms with Crippen LogP contribution in [0.2, 0.25) is 0 Å². The molecule has 0 saturated carbocycles. The number of amides is 1. The summed E-state index contributed by atoms with van der Waals surface area (Å²) in [7, 11) is 1.70. The first kappa shape index (κ1) is 18.5. The van der Waals surface area contributed by atoms with Gasteiger partial charge >= 0.3 is 0 Å². The van der Waals surface area contributed by atoms with E-state index in [1.54, 1.807) is 19.3 Å². The van der Waals surface area contributed by atoms with Gasteiger partial charge in [0.1, 0.15) is 5.82 Å². The first-order valence-electron chi connectivity index (χ1n) is 9.90. The second-order valence-electron chi connectivity index (χ2n) is 7.70. The maximum Gasteiger partial charge on any atom is 0.258 e. The fraction of sp³-hybridized carbons (Fsp3) is 0.409. The molecule has 1 aliphatic heterocycles. The van der Waals surface area contributed by atoms with Crippen molar-refractivity contribution in [1.29, 1.82) is 0 Å². The predicted octanol–water partition coefficient (Wildman–Crippen LogP) is 2.99. The number of hydrogen-bond donors (Lipinski definition) is 0. The van der Waals surface area contributed by atoms with Gasteiger partial charge in [-0.05, 0) is 38.2 Å². The van der Waals surface area contributed by atoms with Gasteiger partial charge < -0.3 is 14.0 Å². The molecule has 1 amide bonds. The zero-order chi connectivity index (χ0) is 19.7. The summed E-state index contributed by atoms with van der Waals surface area (Å²) in [6.45, 7) is 4.54. The van der Waals surface area contributed by atoms with Crippen LogP contribution in [0.3, 0.4) is 0 Å². The highest BCUT2D eigenvalue weighted by atomic mass is 16.2. The van der Waals surface area contributed by atoms with Crippen molar-refractivity contribution in [2.45, 2.75) is 32.7 Å². The summed E-state index contributed by atoms with van der Waals surface area (Å²) in [5, 5.41) is 1.34. The summed E-state index contributed by atoms with van der Waals surface area (Å²) in [5.41, 5.74) is 0.547. The third-order valence-corrected chi connectivity index (χ3v) is 5.92. The lowest BCUT2D eigenvalue weighted by Crippen LogP contribution is -2.39. The molecule has 0 unspecified atom stereocenters. The van der Waals surface area contributed by atoms with Gasteiger partial charge in [0.25, 0.3) is 11.5 Å². The Morgan fingerprint density at radius 2 is 1.89 bits per heavy atom. The van der Waals surface area contributed by atoms with Crippen molar-refractivity contribution in [2.75, 3.05) is 13.1 Å². The van der Waals surface area contributed by atoms with Crippen LogP contribution >= 0.6 is 0 Å². The molecule has 3 heterocycles. The number of imidazole rings is 1. The molecule has 0 spiro atoms. The second-order valence-corrected chi connectivity index (χ2v) is 7.70. The number of aromatic nitrogens is 3. The minimum atomic E-state index is -0.0688. The van der Waals surface area contributed by atoms with Crippen molar-refractivity contribution in [3.05, 3.63) is 64.6 Å². The molecular weight excluding hydrogens is 352 g/mol. The highest BCUT2D eigenvalue weighted by Gasteiger charge is 2.25. The van der Waals surface area contributed by atoms with Gasteiger partial charge in [-0.15, -0.1) is 0 Å². The molecule has 146 valence electrons. The molecule has 2 aromatic heterocycles. The summed E-state index contributed by atoms with van der Waals surface area (Å²) >= 11 is 0. The third-order valence-electron chi connectivity index (χ3n) is 5.92. The largest absolute Gasteiger partial charge is 0.339 e. The summed E-state index contributed by atoms with van der Waals surface area (Å²) in [6, 6.07) is 7.37. The number of benzene rings is 1. The number of carbonyl (C=O) groups is 1. The zero-order valence-electron chi connectivity index (χ0n) is 16.5. The summed E-state index contributed by atoms with van der Waals surface area (Å²) in [5.74, 6) is 1.70. The zero-order valence-corrected chi connectivity index (χ0v) is 16.5. The number of hydrogen-bond acceptors (Lipinski definition) is 3. The molecule has 1 aromatic carbocycles. The number of likely N-dealkylation sites (tertiary alicyclic amines) is 1. The molecule has 1 aliphatic rings. The van der Waals surface area contributed by atoms with Crippen LogP contribution < -0.4 is 5.56 Å². The van der Waals surface area contributed by atoms with Crippen molar-refractivity contribution in [3.8, 4) is 0 Å². The standard InChI is InChI=1S/C22H26N4O2/c1-16-23-10-14-25(16)11-7-17-8-12-26(13-9-17)22(28)20-15-24(2)21(27)19-6-4-3-5-18(19)20/h3-6,10,14-15,17H,7-9,11-13H2,1-2H3. The van der Waals surface area contributed by atoms with Gasteiger partial charge in [-0.1, -0.05) is 18.2 Å². The van der Waals surface area contributed by atoms with Crippen LogP contribution in [-0.2, 0) is 13.6 Å². The fourth-order valence-corrected chi connectivity index (χ4v) is 4.14. The highest BCUT2D eigenvalue weighted by molar-refractivity contribution is 6.06. The Bertz CT molecular complexity index is 1060. The number of piperidine rings is 1. The number of carbonyl (C=O) groups excluding carboxylic acids is 1. The number of aryl methyl sites for hydroxylation is 3. The smallest absolute Gasteiger partial charge is 0.258 e. The second kappa shape index (κ2) is 7.62. The van der Waals surface area contributed by atoms with Crippen molar-refractivity contribution in [2.24, 2.45) is 13.0 Å². The van der Waals surface area contributed by atoms with Crippen molar-refractivity contribution >= 4 is 16.7 Å². The molecule has 6 nitrogen and oxygen atoms in total. The van der Waals surface area contributed by atoms with Gasteiger partial charge in [0.05, 0.1) is 5.56 Å². The van der Waals surface area contributed by atoms with Crippen LogP contribution in [0.25, 0.3) is 10.8 Å². The number of fused-ring (bicyclic) bond motifs is 1. The summed E-state index contributed by atoms with van der Waals surface area (Å²) < 4.78 is 3.70. The Kier molecular flexibility index (Phi) is 5.03. The summed E-state index contributed by atoms with van der Waals surface area (Å²) in [6.07, 6.45) is 8.70. The number of pyridine rings is 1. The van der Waals surface area contributed by atoms with Crippen molar-refractivity contribution in [1.82, 2.24) is 19.0 Å². The minimum Gasteiger partial charge on any atom is -0.339 e. The van der Waals surface area contributed by atoms with Gasteiger partial charge in [-0.25, -0.2) is 4.98 Å². The molecule has 1 fully saturated rings. The van der Waals surface area contributed by atoms with Crippen LogP contribution in [0, 0.1) is 12.8 Å². The van der Waals surface area contributed by atoms with E-state index in [-0.39, 0.29) is 11.5 Å². The Morgan fingerprint density at radius 3 is 2.57 bits per heavy atom. The van der Waals surface area contributed by atoms with Crippen LogP contribution in [0.4, 0.5) is 0 Å². The average molecular weight is 378 g/mol. The lowest BCUT2D eigenvalue weighted by molar-refractivity contribution is 0.0686. The normalized spacial score (nSPS) is 15.3. The summed E-state index contributed by atoms with van der Waals surface area (Å²) in [4.78, 5) is 31.7. The maximum absolute atomic E-state index is 13.2. The van der Waals surface area contributed by atoms with E-state index in [1.165, 1.54) is 4.57 Å². The van der Waals surface area contributed by atoms with E-state index in [9.17, 15) is 9.59 Å². The first-order chi connectivity index (χ1) is 13.5. The van der Waals surface area contributed by atoms with Crippen LogP contribution in [0.1, 0.15) is 35.4 Å². The van der Waals surface area contributed by atoms with Gasteiger partial charge in [0.2, 0.25) is 0 Å². The van der Waals surface area contributed by atoms with E-state index >= 15 is 0 Å². The van der Waals surface area contributed by atoms with Crippen molar-refractivity contribution < 1.29 is 4.79 Å². The Balaban J connectivity index is 1.45. The predicted molar refractivity (Wildman–Crippen MR) is 109 cm³/mol. The SMILES string of the molecule is Cc1nccn1CCC1CCN(C(=O)c2cn(C)c(=O)c3ccccc23)CC1. The highest BCUT2D eigenvalue weighted by Crippen LogP contribution is 2.24. The monoisotopic (exact) mass is 378 g/mol. The lowest BCUT2D eigenvalue weighted by atomic mass is 9.93. The van der Waals surface area contributed by atoms with Gasteiger partial charge in [0.15, 0.2) is 0 Å². The van der Waals surface area contributed by atoms with Gasteiger partial charge in [-0.2, -0.15) is 0 Å². The molecular formula is C22H26N4O2. The molecule has 1 saturated heterocycles. The van der Waals surface area contributed by atoms with E-state index in [0.717, 1.165) is 50.1 Å². The van der Waals surface area contributed by atoms with Crippen LogP contribution in [0.15, 0.2) is 47.7 Å². The van der Waals surface area contributed by atoms with E-state index in [1.807, 2.05) is 42.4 Å². The van der Waals surface area contributed by atoms with E-state index < -0.39 is 0 Å². The Hall–Kier alpha value is -2.89. The van der Waals surface area contributed by atoms with Crippen LogP contribution in [0.5, 0.6) is 0 Å². The topological polar surface area (TPSA) is 60.1 Å². The first-order valence-corrected chi connectivity index (χ1v) is 9.90. The average Bonchev–Trinajstić information content (AvgIpc) is 3.14. The molecule has 0 N–H and O–H groups in total. The molecule has 3 aromatic rings. The maximum atomic E-state index is 13.2. The van der Waals surface area contributed by atoms with E-state index in [0.29, 0.717) is 16.9 Å². The third kappa shape index (κ3) is 3.46. The van der Waals surface area contributed by atoms with Gasteiger partial charge in [0, 0.05) is 56.0 Å². The van der Waals surface area contributed by atoms with Crippen molar-refractivity contribution in [3.63, 3.8) is 0 Å². The molecule has 6 heteroatoms. The molecule has 0 radical (unpaired) electrons. The van der Waals surface area contributed by atoms with Gasteiger partial charge in [-0.3, -0.25) is 9.59 Å². The van der Waals surface area contributed by atoms with E-state index in [4.69, 9.17) is 0 Å². The molecule has 0 atom stereocenters. The lowest BCUT2D eigenvalue weighted by Gasteiger charge is -2.32. The molecule has 28 heavy (non-hydrogen) atoms. The molecule has 0 bridgehead atoms. The minimum absolute atomic E-state index is 0.0238. The Morgan fingerprint density at radius 1 is 1.18 bits per heavy atom. The fourth-order valence-electron chi connectivity index (χ4n) is 4.14. The van der Waals surface area contributed by atoms with Crippen LogP contribution in [-0.4, -0.2) is 38.0 Å². The number of rotatable bonds is 4. The van der Waals surface area contributed by atoms with E-state index in [2.05, 4.69) is 9.55 Å². The molecule has 0 aliphatic carbocycles. The number of nitrogens with zero attached hydrogens (tertiary/aromatic N) is 4.